The summed E-state index contributed by atoms with van der Waals surface area (Å²) in [5.74, 6) is 0.121. The zero-order chi connectivity index (χ0) is 18.2. The van der Waals surface area contributed by atoms with Crippen molar-refractivity contribution in [1.29, 1.82) is 0 Å². The fourth-order valence-corrected chi connectivity index (χ4v) is 2.70. The molecule has 0 unspecified atom stereocenters. The monoisotopic (exact) mass is 361 g/mol. The van der Waals surface area contributed by atoms with Crippen LogP contribution in [0.15, 0.2) is 29.6 Å². The Hall–Kier alpha value is -2.41. The summed E-state index contributed by atoms with van der Waals surface area (Å²) in [4.78, 5) is 27.9. The Morgan fingerprint density at radius 1 is 1.20 bits per heavy atom. The molecule has 1 heterocycles. The van der Waals surface area contributed by atoms with Gasteiger partial charge >= 0.3 is 6.09 Å². The van der Waals surface area contributed by atoms with E-state index in [9.17, 15) is 9.59 Å². The van der Waals surface area contributed by atoms with Gasteiger partial charge < -0.3 is 10.1 Å². The molecule has 7 heteroatoms. The normalized spacial score (nSPS) is 10.6. The standard InChI is InChI=1S/C18H23N3O3S/c1-4-13-5-7-14(8-6-13)19-16(22)9-15-11-25-17(20-15)21-18(23)24-10-12(2)3/h5-8,11-12H,4,9-10H2,1-3H3,(H,19,22)(H,20,21,23). The minimum Gasteiger partial charge on any atom is -0.449 e. The van der Waals surface area contributed by atoms with Crippen LogP contribution in [0.4, 0.5) is 15.6 Å². The first-order chi connectivity index (χ1) is 12.0. The minimum absolute atomic E-state index is 0.148. The number of benzene rings is 1. The molecule has 0 bridgehead atoms. The summed E-state index contributed by atoms with van der Waals surface area (Å²) in [6.45, 7) is 6.36. The number of anilines is 2. The Morgan fingerprint density at radius 3 is 2.56 bits per heavy atom. The molecule has 2 rings (SSSR count). The number of ether oxygens (including phenoxy) is 1. The average Bonchev–Trinajstić information content (AvgIpc) is 3.00. The molecular formula is C18H23N3O3S. The SMILES string of the molecule is CCc1ccc(NC(=O)Cc2csc(NC(=O)OCC(C)C)n2)cc1. The van der Waals surface area contributed by atoms with Crippen molar-refractivity contribution in [2.75, 3.05) is 17.2 Å². The van der Waals surface area contributed by atoms with Crippen molar-refractivity contribution in [2.24, 2.45) is 5.92 Å². The fraction of sp³-hybridized carbons (Fsp3) is 0.389. The minimum atomic E-state index is -0.532. The molecule has 0 aliphatic heterocycles. The molecule has 1 aromatic carbocycles. The van der Waals surface area contributed by atoms with Crippen molar-refractivity contribution in [1.82, 2.24) is 4.98 Å². The molecule has 0 spiro atoms. The third-order valence-corrected chi connectivity index (χ3v) is 4.10. The summed E-state index contributed by atoms with van der Waals surface area (Å²) >= 11 is 1.26. The third kappa shape index (κ3) is 6.54. The molecule has 0 aliphatic rings. The number of thiazole rings is 1. The van der Waals surface area contributed by atoms with Crippen LogP contribution in [0.1, 0.15) is 32.0 Å². The van der Waals surface area contributed by atoms with E-state index in [1.54, 1.807) is 5.38 Å². The van der Waals surface area contributed by atoms with E-state index in [4.69, 9.17) is 4.74 Å². The predicted octanol–water partition coefficient (Wildman–Crippen LogP) is 4.09. The van der Waals surface area contributed by atoms with Crippen LogP contribution in [0, 0.1) is 5.92 Å². The van der Waals surface area contributed by atoms with Gasteiger partial charge in [0.05, 0.1) is 18.7 Å². The number of hydrogen-bond acceptors (Lipinski definition) is 5. The van der Waals surface area contributed by atoms with Crippen LogP contribution < -0.4 is 10.6 Å². The number of nitrogens with one attached hydrogen (secondary N) is 2. The second kappa shape index (κ2) is 9.17. The molecule has 0 atom stereocenters. The van der Waals surface area contributed by atoms with Crippen LogP contribution in [0.3, 0.4) is 0 Å². The Labute approximate surface area is 151 Å². The summed E-state index contributed by atoms with van der Waals surface area (Å²) in [7, 11) is 0. The highest BCUT2D eigenvalue weighted by molar-refractivity contribution is 7.13. The van der Waals surface area contributed by atoms with E-state index in [-0.39, 0.29) is 18.2 Å². The quantitative estimate of drug-likeness (QED) is 0.778. The number of hydrogen-bond donors (Lipinski definition) is 2. The van der Waals surface area contributed by atoms with Crippen molar-refractivity contribution in [3.63, 3.8) is 0 Å². The molecule has 0 radical (unpaired) electrons. The predicted molar refractivity (Wildman–Crippen MR) is 100 cm³/mol. The molecule has 0 fully saturated rings. The molecule has 2 aromatic rings. The number of aromatic nitrogens is 1. The van der Waals surface area contributed by atoms with Crippen molar-refractivity contribution in [3.05, 3.63) is 40.9 Å². The lowest BCUT2D eigenvalue weighted by Crippen LogP contribution is -2.17. The van der Waals surface area contributed by atoms with Crippen molar-refractivity contribution < 1.29 is 14.3 Å². The first-order valence-electron chi connectivity index (χ1n) is 8.23. The van der Waals surface area contributed by atoms with Gasteiger partial charge in [0.25, 0.3) is 0 Å². The molecular weight excluding hydrogens is 338 g/mol. The lowest BCUT2D eigenvalue weighted by molar-refractivity contribution is -0.115. The Bertz CT molecular complexity index is 711. The van der Waals surface area contributed by atoms with Crippen LogP contribution in [0.25, 0.3) is 0 Å². The van der Waals surface area contributed by atoms with Crippen LogP contribution in [-0.2, 0) is 22.4 Å². The molecule has 0 saturated heterocycles. The van der Waals surface area contributed by atoms with Crippen molar-refractivity contribution >= 4 is 34.2 Å². The summed E-state index contributed by atoms with van der Waals surface area (Å²) in [6.07, 6.45) is 0.576. The van der Waals surface area contributed by atoms with Gasteiger partial charge in [-0.1, -0.05) is 32.9 Å². The van der Waals surface area contributed by atoms with E-state index in [0.29, 0.717) is 17.4 Å². The maximum Gasteiger partial charge on any atom is 0.413 e. The van der Waals surface area contributed by atoms with Crippen molar-refractivity contribution in [2.45, 2.75) is 33.6 Å². The van der Waals surface area contributed by atoms with Gasteiger partial charge in [-0.25, -0.2) is 9.78 Å². The van der Waals surface area contributed by atoms with Crippen LogP contribution in [-0.4, -0.2) is 23.6 Å². The van der Waals surface area contributed by atoms with Crippen molar-refractivity contribution in [3.8, 4) is 0 Å². The largest absolute Gasteiger partial charge is 0.449 e. The number of carbonyl (C=O) groups is 2. The van der Waals surface area contributed by atoms with E-state index in [0.717, 1.165) is 12.1 Å². The summed E-state index contributed by atoms with van der Waals surface area (Å²) < 4.78 is 5.03. The lowest BCUT2D eigenvalue weighted by Gasteiger charge is -2.06. The molecule has 0 saturated carbocycles. The van der Waals surface area contributed by atoms with E-state index in [1.807, 2.05) is 38.1 Å². The van der Waals surface area contributed by atoms with Gasteiger partial charge in [0.2, 0.25) is 5.91 Å². The van der Waals surface area contributed by atoms with Gasteiger partial charge in [-0.05, 0) is 30.0 Å². The lowest BCUT2D eigenvalue weighted by atomic mass is 10.1. The van der Waals surface area contributed by atoms with Crippen LogP contribution in [0.5, 0.6) is 0 Å². The molecule has 1 aromatic heterocycles. The third-order valence-electron chi connectivity index (χ3n) is 3.30. The number of carbonyl (C=O) groups excluding carboxylic acids is 2. The highest BCUT2D eigenvalue weighted by atomic mass is 32.1. The highest BCUT2D eigenvalue weighted by Gasteiger charge is 2.11. The second-order valence-corrected chi connectivity index (χ2v) is 6.89. The van der Waals surface area contributed by atoms with Gasteiger partial charge in [-0.3, -0.25) is 10.1 Å². The van der Waals surface area contributed by atoms with Gasteiger partial charge in [0, 0.05) is 11.1 Å². The van der Waals surface area contributed by atoms with Gasteiger partial charge in [-0.15, -0.1) is 11.3 Å². The fourth-order valence-electron chi connectivity index (χ4n) is 2.00. The molecule has 25 heavy (non-hydrogen) atoms. The van der Waals surface area contributed by atoms with E-state index < -0.39 is 6.09 Å². The first-order valence-corrected chi connectivity index (χ1v) is 9.11. The Morgan fingerprint density at radius 2 is 1.92 bits per heavy atom. The van der Waals surface area contributed by atoms with Crippen LogP contribution >= 0.6 is 11.3 Å². The average molecular weight is 361 g/mol. The smallest absolute Gasteiger partial charge is 0.413 e. The van der Waals surface area contributed by atoms with Crippen LogP contribution in [0.2, 0.25) is 0 Å². The first kappa shape index (κ1) is 18.9. The van der Waals surface area contributed by atoms with Gasteiger partial charge in [-0.2, -0.15) is 0 Å². The number of rotatable bonds is 7. The molecule has 0 aliphatic carbocycles. The number of amides is 2. The molecule has 2 amide bonds. The maximum absolute atomic E-state index is 12.1. The Kier molecular flexibility index (Phi) is 6.94. The molecule has 6 nitrogen and oxygen atoms in total. The maximum atomic E-state index is 12.1. The zero-order valence-electron chi connectivity index (χ0n) is 14.7. The van der Waals surface area contributed by atoms with E-state index in [2.05, 4.69) is 22.5 Å². The molecule has 2 N–H and O–H groups in total. The van der Waals surface area contributed by atoms with Gasteiger partial charge in [0.1, 0.15) is 0 Å². The summed E-state index contributed by atoms with van der Waals surface area (Å²) in [5.41, 5.74) is 2.58. The van der Waals surface area contributed by atoms with Gasteiger partial charge in [0.15, 0.2) is 5.13 Å². The second-order valence-electron chi connectivity index (χ2n) is 6.04. The van der Waals surface area contributed by atoms with E-state index >= 15 is 0 Å². The molecule has 134 valence electrons. The number of nitrogens with zero attached hydrogens (tertiary/aromatic N) is 1. The summed E-state index contributed by atoms with van der Waals surface area (Å²) in [6, 6.07) is 7.75. The topological polar surface area (TPSA) is 80.3 Å². The highest BCUT2D eigenvalue weighted by Crippen LogP contribution is 2.17. The number of aryl methyl sites for hydroxylation is 1. The Balaban J connectivity index is 1.83. The summed E-state index contributed by atoms with van der Waals surface area (Å²) in [5, 5.41) is 7.57. The zero-order valence-corrected chi connectivity index (χ0v) is 15.5. The van der Waals surface area contributed by atoms with E-state index in [1.165, 1.54) is 16.9 Å².